The number of hydrogen-bond donors (Lipinski definition) is 0. The van der Waals surface area contributed by atoms with E-state index in [0.717, 1.165) is 50.0 Å². The first kappa shape index (κ1) is 22.4. The molecule has 6 saturated carbocycles. The lowest BCUT2D eigenvalue weighted by molar-refractivity contribution is -0.170. The molecule has 6 rings (SSSR count). The molecular formula is C28H42O5. The minimum atomic E-state index is -0.416. The van der Waals surface area contributed by atoms with Crippen LogP contribution in [-0.2, 0) is 23.8 Å². The summed E-state index contributed by atoms with van der Waals surface area (Å²) in [5.74, 6) is 5.84. The Morgan fingerprint density at radius 3 is 2.39 bits per heavy atom. The third-order valence-corrected chi connectivity index (χ3v) is 11.3. The van der Waals surface area contributed by atoms with Gasteiger partial charge in [-0.05, 0) is 118 Å². The number of esters is 2. The van der Waals surface area contributed by atoms with Gasteiger partial charge in [0.25, 0.3) is 0 Å². The van der Waals surface area contributed by atoms with E-state index < -0.39 is 5.41 Å². The smallest absolute Gasteiger partial charge is 0.311 e. The Bertz CT molecular complexity index is 791. The Morgan fingerprint density at radius 1 is 0.879 bits per heavy atom. The normalized spacial score (nSPS) is 46.7. The van der Waals surface area contributed by atoms with Gasteiger partial charge in [-0.3, -0.25) is 9.59 Å². The Balaban J connectivity index is 1.02. The van der Waals surface area contributed by atoms with Crippen LogP contribution in [0.4, 0.5) is 0 Å². The molecule has 6 fully saturated rings. The van der Waals surface area contributed by atoms with E-state index in [0.29, 0.717) is 35.5 Å². The summed E-state index contributed by atoms with van der Waals surface area (Å²) >= 11 is 0. The Hall–Kier alpha value is -1.10. The first-order valence-electron chi connectivity index (χ1n) is 13.8. The van der Waals surface area contributed by atoms with Gasteiger partial charge in [0.15, 0.2) is 6.79 Å². The molecule has 0 spiro atoms. The van der Waals surface area contributed by atoms with Crippen molar-refractivity contribution in [3.05, 3.63) is 0 Å². The number of carbonyl (C=O) groups excluding carboxylic acids is 2. The number of hydrogen-bond acceptors (Lipinski definition) is 5. The fourth-order valence-corrected chi connectivity index (χ4v) is 9.38. The molecule has 0 heterocycles. The summed E-state index contributed by atoms with van der Waals surface area (Å²) < 4.78 is 17.6. The molecule has 0 saturated heterocycles. The van der Waals surface area contributed by atoms with Gasteiger partial charge in [-0.2, -0.15) is 0 Å². The largest absolute Gasteiger partial charge is 0.462 e. The van der Waals surface area contributed by atoms with Crippen LogP contribution in [0.5, 0.6) is 0 Å². The molecule has 11 unspecified atom stereocenters. The van der Waals surface area contributed by atoms with Crippen LogP contribution < -0.4 is 0 Å². The molecule has 6 bridgehead atoms. The molecule has 0 aliphatic heterocycles. The zero-order valence-electron chi connectivity index (χ0n) is 20.7. The van der Waals surface area contributed by atoms with E-state index in [4.69, 9.17) is 14.2 Å². The zero-order valence-corrected chi connectivity index (χ0v) is 20.7. The lowest BCUT2D eigenvalue weighted by atomic mass is 9.66. The molecule has 0 aromatic rings. The Kier molecular flexibility index (Phi) is 5.59. The fraction of sp³-hybridized carbons (Fsp3) is 0.929. The highest BCUT2D eigenvalue weighted by Gasteiger charge is 2.66. The molecule has 11 atom stereocenters. The number of carbonyl (C=O) groups is 2. The van der Waals surface area contributed by atoms with Crippen LogP contribution in [0.25, 0.3) is 0 Å². The molecular weight excluding hydrogens is 416 g/mol. The third kappa shape index (κ3) is 3.67. The van der Waals surface area contributed by atoms with Gasteiger partial charge < -0.3 is 14.2 Å². The van der Waals surface area contributed by atoms with Crippen molar-refractivity contribution in [1.29, 1.82) is 0 Å². The van der Waals surface area contributed by atoms with Gasteiger partial charge in [-0.15, -0.1) is 0 Å². The van der Waals surface area contributed by atoms with Crippen LogP contribution in [0.1, 0.15) is 78.6 Å². The molecule has 0 aromatic carbocycles. The van der Waals surface area contributed by atoms with E-state index >= 15 is 0 Å². The summed E-state index contributed by atoms with van der Waals surface area (Å²) in [7, 11) is 0. The molecule has 6 aliphatic rings. The van der Waals surface area contributed by atoms with Gasteiger partial charge in [-0.1, -0.05) is 13.3 Å². The van der Waals surface area contributed by atoms with E-state index in [1.54, 1.807) is 0 Å². The first-order valence-corrected chi connectivity index (χ1v) is 13.8. The molecule has 0 amide bonds. The molecule has 0 radical (unpaired) electrons. The van der Waals surface area contributed by atoms with Gasteiger partial charge in [0.1, 0.15) is 6.10 Å². The zero-order chi connectivity index (χ0) is 22.9. The predicted molar refractivity (Wildman–Crippen MR) is 123 cm³/mol. The maximum atomic E-state index is 13.0. The van der Waals surface area contributed by atoms with Gasteiger partial charge in [-0.25, -0.2) is 0 Å². The van der Waals surface area contributed by atoms with Crippen LogP contribution in [0, 0.1) is 64.6 Å². The molecule has 33 heavy (non-hydrogen) atoms. The minimum absolute atomic E-state index is 0.0186. The lowest BCUT2D eigenvalue weighted by Gasteiger charge is -2.41. The maximum Gasteiger partial charge on any atom is 0.311 e. The van der Waals surface area contributed by atoms with Crippen molar-refractivity contribution < 1.29 is 23.8 Å². The standard InChI is InChI=1S/C28H42O5/c1-4-28(2,3)27(30)33-23-12-18-11-22(23)25-20-9-17(24(18)25)10-21(20)26(29)32-14-31-13-19-8-15-5-6-16(19)7-15/h15-25H,4-14H2,1-3H3. The van der Waals surface area contributed by atoms with Crippen molar-refractivity contribution in [2.24, 2.45) is 64.6 Å². The summed E-state index contributed by atoms with van der Waals surface area (Å²) in [6, 6.07) is 0. The van der Waals surface area contributed by atoms with Crippen molar-refractivity contribution in [3.8, 4) is 0 Å². The van der Waals surface area contributed by atoms with E-state index in [1.807, 2.05) is 20.8 Å². The number of rotatable bonds is 8. The van der Waals surface area contributed by atoms with Crippen molar-refractivity contribution in [2.45, 2.75) is 84.7 Å². The molecule has 0 N–H and O–H groups in total. The van der Waals surface area contributed by atoms with Crippen LogP contribution in [-0.4, -0.2) is 31.4 Å². The predicted octanol–water partition coefficient (Wildman–Crippen LogP) is 5.22. The van der Waals surface area contributed by atoms with Crippen LogP contribution in [0.15, 0.2) is 0 Å². The summed E-state index contributed by atoms with van der Waals surface area (Å²) in [6.45, 7) is 6.88. The molecule has 5 heteroatoms. The highest BCUT2D eigenvalue weighted by Crippen LogP contribution is 2.69. The second-order valence-electron chi connectivity index (χ2n) is 13.1. The minimum Gasteiger partial charge on any atom is -0.462 e. The van der Waals surface area contributed by atoms with E-state index in [-0.39, 0.29) is 30.8 Å². The van der Waals surface area contributed by atoms with Gasteiger partial charge in [0, 0.05) is 0 Å². The van der Waals surface area contributed by atoms with Gasteiger partial charge in [0.2, 0.25) is 0 Å². The van der Waals surface area contributed by atoms with Crippen molar-refractivity contribution in [1.82, 2.24) is 0 Å². The Labute approximate surface area is 198 Å². The highest BCUT2D eigenvalue weighted by atomic mass is 16.7. The molecule has 5 nitrogen and oxygen atoms in total. The third-order valence-electron chi connectivity index (χ3n) is 11.3. The summed E-state index contributed by atoms with van der Waals surface area (Å²) in [5.41, 5.74) is -0.416. The average molecular weight is 459 g/mol. The molecule has 6 aliphatic carbocycles. The monoisotopic (exact) mass is 458 g/mol. The maximum absolute atomic E-state index is 13.0. The average Bonchev–Trinajstić information content (AvgIpc) is 3.62. The SMILES string of the molecule is CCC(C)(C)C(=O)OC1CC2CC1C1C3CC(CC3C(=O)OCOCC3CC4CCC3C4)C21. The highest BCUT2D eigenvalue weighted by molar-refractivity contribution is 5.76. The van der Waals surface area contributed by atoms with Crippen LogP contribution in [0.2, 0.25) is 0 Å². The molecule has 184 valence electrons. The van der Waals surface area contributed by atoms with Crippen molar-refractivity contribution in [3.63, 3.8) is 0 Å². The fourth-order valence-electron chi connectivity index (χ4n) is 9.38. The second-order valence-corrected chi connectivity index (χ2v) is 13.1. The number of ether oxygens (including phenoxy) is 3. The number of fused-ring (bicyclic) bond motifs is 11. The second kappa shape index (κ2) is 8.24. The van der Waals surface area contributed by atoms with Crippen molar-refractivity contribution >= 4 is 11.9 Å². The van der Waals surface area contributed by atoms with Crippen LogP contribution in [0.3, 0.4) is 0 Å². The summed E-state index contributed by atoms with van der Waals surface area (Å²) in [6.07, 6.45) is 10.7. The summed E-state index contributed by atoms with van der Waals surface area (Å²) in [5, 5.41) is 0. The van der Waals surface area contributed by atoms with Crippen LogP contribution >= 0.6 is 0 Å². The summed E-state index contributed by atoms with van der Waals surface area (Å²) in [4.78, 5) is 25.7. The molecule has 0 aromatic heterocycles. The quantitative estimate of drug-likeness (QED) is 0.216. The van der Waals surface area contributed by atoms with E-state index in [9.17, 15) is 9.59 Å². The van der Waals surface area contributed by atoms with E-state index in [1.165, 1.54) is 32.1 Å². The van der Waals surface area contributed by atoms with Gasteiger partial charge in [0.05, 0.1) is 17.9 Å². The van der Waals surface area contributed by atoms with Gasteiger partial charge >= 0.3 is 11.9 Å². The lowest BCUT2D eigenvalue weighted by Crippen LogP contribution is -2.43. The Morgan fingerprint density at radius 2 is 1.67 bits per heavy atom. The topological polar surface area (TPSA) is 61.8 Å². The van der Waals surface area contributed by atoms with Crippen molar-refractivity contribution in [2.75, 3.05) is 13.4 Å². The first-order chi connectivity index (χ1) is 15.9. The van der Waals surface area contributed by atoms with E-state index in [2.05, 4.69) is 0 Å².